The van der Waals surface area contributed by atoms with Gasteiger partial charge in [0.05, 0.1) is 0 Å². The average Bonchev–Trinajstić information content (AvgIpc) is 2.41. The first-order valence-corrected chi connectivity index (χ1v) is 6.37. The summed E-state index contributed by atoms with van der Waals surface area (Å²) >= 11 is 0. The van der Waals surface area contributed by atoms with Crippen LogP contribution in [0.3, 0.4) is 0 Å². The Morgan fingerprint density at radius 2 is 1.94 bits per heavy atom. The van der Waals surface area contributed by atoms with Crippen LogP contribution < -0.4 is 0 Å². The Morgan fingerprint density at radius 1 is 1.39 bits per heavy atom. The lowest BCUT2D eigenvalue weighted by Gasteiger charge is -2.44. The smallest absolute Gasteiger partial charge is 0.352 e. The van der Waals surface area contributed by atoms with Gasteiger partial charge in [0.1, 0.15) is 5.70 Å². The molecule has 1 fully saturated rings. The predicted octanol–water partition coefficient (Wildman–Crippen LogP) is 1.76. The molecule has 2 heterocycles. The molecule has 0 saturated carbocycles. The molecule has 1 atom stereocenters. The lowest BCUT2D eigenvalue weighted by molar-refractivity contribution is -0.150. The number of carboxylic acids is 1. The highest BCUT2D eigenvalue weighted by Crippen LogP contribution is 2.37. The Balaban J connectivity index is 0.000000659. The molecule has 0 bridgehead atoms. The molecule has 2 rings (SSSR count). The first kappa shape index (κ1) is 16.6. The van der Waals surface area contributed by atoms with Gasteiger partial charge in [-0.05, 0) is 24.8 Å². The van der Waals surface area contributed by atoms with Crippen molar-refractivity contribution in [2.75, 3.05) is 7.11 Å². The summed E-state index contributed by atoms with van der Waals surface area (Å²) in [5, 5.41) is 16.0. The zero-order valence-corrected chi connectivity index (χ0v) is 11.6. The zero-order chi connectivity index (χ0) is 14.3. The van der Waals surface area contributed by atoms with Gasteiger partial charge in [0.25, 0.3) is 0 Å². The van der Waals surface area contributed by atoms with Crippen molar-refractivity contribution in [1.29, 1.82) is 0 Å². The van der Waals surface area contributed by atoms with Crippen molar-refractivity contribution in [3.8, 4) is 0 Å². The number of fused-ring (bicyclic) bond motifs is 1. The van der Waals surface area contributed by atoms with Gasteiger partial charge in [0, 0.05) is 19.6 Å². The maximum absolute atomic E-state index is 11.3. The monoisotopic (exact) mass is 257 g/mol. The number of aliphatic hydroxyl groups is 1. The number of carbonyl (C=O) groups is 2. The molecule has 0 aromatic heterocycles. The molecule has 0 aliphatic carbocycles. The molecule has 2 aliphatic rings. The largest absolute Gasteiger partial charge is 0.477 e. The predicted molar refractivity (Wildman–Crippen MR) is 68.9 cm³/mol. The van der Waals surface area contributed by atoms with Crippen LogP contribution in [0.4, 0.5) is 0 Å². The van der Waals surface area contributed by atoms with Crippen LogP contribution in [0.2, 0.25) is 0 Å². The third-order valence-electron chi connectivity index (χ3n) is 3.03. The fourth-order valence-corrected chi connectivity index (χ4v) is 2.25. The maximum atomic E-state index is 11.3. The zero-order valence-electron chi connectivity index (χ0n) is 11.6. The number of carbonyl (C=O) groups excluding carboxylic acids is 1. The molecule has 104 valence electrons. The fourth-order valence-electron chi connectivity index (χ4n) is 2.25. The number of aliphatic carboxylic acids is 1. The van der Waals surface area contributed by atoms with E-state index in [0.717, 1.165) is 31.9 Å². The standard InChI is InChI=1S/C10H13NO3.C2H6.CH4O/c1-2-6-3-4-7-5-8(12)11(7)9(6)10(13)14;2*1-2/h7H,2-5H2,1H3,(H,13,14);1-2H3;2H,1H3. The number of hydrogen-bond acceptors (Lipinski definition) is 3. The lowest BCUT2D eigenvalue weighted by atomic mass is 9.86. The van der Waals surface area contributed by atoms with Crippen molar-refractivity contribution in [3.63, 3.8) is 0 Å². The normalized spacial score (nSPS) is 20.8. The number of aliphatic hydroxyl groups excluding tert-OH is 1. The van der Waals surface area contributed by atoms with Crippen molar-refractivity contribution in [1.82, 2.24) is 4.90 Å². The van der Waals surface area contributed by atoms with E-state index in [4.69, 9.17) is 10.2 Å². The van der Waals surface area contributed by atoms with Crippen molar-refractivity contribution in [2.45, 2.75) is 52.5 Å². The van der Waals surface area contributed by atoms with Gasteiger partial charge in [-0.3, -0.25) is 4.79 Å². The highest BCUT2D eigenvalue weighted by molar-refractivity contribution is 5.97. The number of hydrogen-bond donors (Lipinski definition) is 2. The minimum Gasteiger partial charge on any atom is -0.477 e. The van der Waals surface area contributed by atoms with E-state index >= 15 is 0 Å². The number of nitrogens with zero attached hydrogens (tertiary/aromatic N) is 1. The molecule has 5 heteroatoms. The van der Waals surface area contributed by atoms with E-state index in [2.05, 4.69) is 0 Å². The molecule has 1 unspecified atom stereocenters. The van der Waals surface area contributed by atoms with Gasteiger partial charge < -0.3 is 15.1 Å². The highest BCUT2D eigenvalue weighted by atomic mass is 16.4. The molecule has 1 saturated heterocycles. The molecule has 0 aromatic carbocycles. The number of rotatable bonds is 2. The summed E-state index contributed by atoms with van der Waals surface area (Å²) in [6, 6.07) is 0.156. The van der Waals surface area contributed by atoms with E-state index < -0.39 is 5.97 Å². The molecule has 0 radical (unpaired) electrons. The van der Waals surface area contributed by atoms with E-state index in [0.29, 0.717) is 6.42 Å². The van der Waals surface area contributed by atoms with Gasteiger partial charge in [-0.1, -0.05) is 20.8 Å². The summed E-state index contributed by atoms with van der Waals surface area (Å²) in [6.07, 6.45) is 2.99. The van der Waals surface area contributed by atoms with Gasteiger partial charge in [0.2, 0.25) is 5.91 Å². The Kier molecular flexibility index (Phi) is 7.27. The summed E-state index contributed by atoms with van der Waals surface area (Å²) in [5.74, 6) is -1.00. The topological polar surface area (TPSA) is 77.8 Å². The van der Waals surface area contributed by atoms with Crippen LogP contribution in [-0.4, -0.2) is 40.1 Å². The minimum absolute atomic E-state index is 0.0435. The summed E-state index contributed by atoms with van der Waals surface area (Å²) in [7, 11) is 1.00. The second kappa shape index (κ2) is 7.87. The van der Waals surface area contributed by atoms with Crippen LogP contribution in [0, 0.1) is 0 Å². The van der Waals surface area contributed by atoms with Gasteiger partial charge in [-0.25, -0.2) is 4.79 Å². The first-order valence-electron chi connectivity index (χ1n) is 6.37. The van der Waals surface area contributed by atoms with Crippen LogP contribution >= 0.6 is 0 Å². The molecule has 5 nitrogen and oxygen atoms in total. The van der Waals surface area contributed by atoms with E-state index in [1.165, 1.54) is 4.90 Å². The molecule has 2 N–H and O–H groups in total. The second-order valence-electron chi connectivity index (χ2n) is 3.77. The quantitative estimate of drug-likeness (QED) is 0.739. The number of allylic oxidation sites excluding steroid dienone is 1. The molecule has 0 aromatic rings. The van der Waals surface area contributed by atoms with Crippen molar-refractivity contribution >= 4 is 11.9 Å². The van der Waals surface area contributed by atoms with Gasteiger partial charge >= 0.3 is 5.97 Å². The van der Waals surface area contributed by atoms with Crippen molar-refractivity contribution in [2.24, 2.45) is 0 Å². The summed E-state index contributed by atoms with van der Waals surface area (Å²) < 4.78 is 0. The molecular weight excluding hydrogens is 234 g/mol. The Bertz CT molecular complexity index is 336. The van der Waals surface area contributed by atoms with E-state index in [-0.39, 0.29) is 17.6 Å². The SMILES string of the molecule is CC.CCC1=C(C(=O)O)N2C(=O)CC2CC1.CO. The number of amides is 1. The van der Waals surface area contributed by atoms with Gasteiger partial charge in [-0.2, -0.15) is 0 Å². The highest BCUT2D eigenvalue weighted by Gasteiger charge is 2.43. The fraction of sp³-hybridized carbons (Fsp3) is 0.692. The molecule has 0 spiro atoms. The summed E-state index contributed by atoms with van der Waals surface area (Å²) in [6.45, 7) is 5.93. The van der Waals surface area contributed by atoms with E-state index in [9.17, 15) is 9.59 Å². The number of β-lactam (4-membered cyclic amide) rings is 1. The molecular formula is C13H23NO4. The Hall–Kier alpha value is -1.36. The summed E-state index contributed by atoms with van der Waals surface area (Å²) in [5.41, 5.74) is 1.15. The average molecular weight is 257 g/mol. The Morgan fingerprint density at radius 3 is 2.33 bits per heavy atom. The van der Waals surface area contributed by atoms with Crippen molar-refractivity contribution in [3.05, 3.63) is 11.3 Å². The Labute approximate surface area is 108 Å². The van der Waals surface area contributed by atoms with Crippen LogP contribution in [0.15, 0.2) is 11.3 Å². The van der Waals surface area contributed by atoms with Crippen molar-refractivity contribution < 1.29 is 19.8 Å². The second-order valence-corrected chi connectivity index (χ2v) is 3.77. The third kappa shape index (κ3) is 3.10. The van der Waals surface area contributed by atoms with Crippen LogP contribution in [0.5, 0.6) is 0 Å². The minimum atomic E-state index is -0.959. The van der Waals surface area contributed by atoms with Gasteiger partial charge in [0.15, 0.2) is 0 Å². The first-order chi connectivity index (χ1) is 8.65. The molecule has 2 aliphatic heterocycles. The summed E-state index contributed by atoms with van der Waals surface area (Å²) in [4.78, 5) is 23.7. The maximum Gasteiger partial charge on any atom is 0.352 e. The van der Waals surface area contributed by atoms with Crippen LogP contribution in [0.1, 0.15) is 46.5 Å². The van der Waals surface area contributed by atoms with Crippen LogP contribution in [-0.2, 0) is 9.59 Å². The van der Waals surface area contributed by atoms with Gasteiger partial charge in [-0.15, -0.1) is 0 Å². The lowest BCUT2D eigenvalue weighted by Crippen LogP contribution is -2.55. The number of carboxylic acid groups (broad SMARTS) is 1. The third-order valence-corrected chi connectivity index (χ3v) is 3.03. The van der Waals surface area contributed by atoms with E-state index in [1.807, 2.05) is 20.8 Å². The molecule has 18 heavy (non-hydrogen) atoms. The molecule has 1 amide bonds. The van der Waals surface area contributed by atoms with E-state index in [1.54, 1.807) is 0 Å². The van der Waals surface area contributed by atoms with Crippen LogP contribution in [0.25, 0.3) is 0 Å².